The van der Waals surface area contributed by atoms with E-state index >= 15 is 0 Å². The molecule has 1 unspecified atom stereocenters. The summed E-state index contributed by atoms with van der Waals surface area (Å²) in [6.45, 7) is 4.62. The summed E-state index contributed by atoms with van der Waals surface area (Å²) >= 11 is 1.78. The third-order valence-electron chi connectivity index (χ3n) is 2.87. The Labute approximate surface area is 113 Å². The van der Waals surface area contributed by atoms with Gasteiger partial charge in [-0.15, -0.1) is 0 Å². The van der Waals surface area contributed by atoms with Crippen molar-refractivity contribution in [3.63, 3.8) is 0 Å². The average Bonchev–Trinajstić information content (AvgIpc) is 2.73. The van der Waals surface area contributed by atoms with Crippen molar-refractivity contribution in [2.75, 3.05) is 26.4 Å². The average molecular weight is 270 g/mol. The molecule has 0 aliphatic carbocycles. The second-order valence-electron chi connectivity index (χ2n) is 4.46. The summed E-state index contributed by atoms with van der Waals surface area (Å²) in [4.78, 5) is 20.8. The van der Waals surface area contributed by atoms with E-state index in [1.165, 1.54) is 0 Å². The Morgan fingerprint density at radius 1 is 1.61 bits per heavy atom. The Hall–Kier alpha value is -1.01. The van der Waals surface area contributed by atoms with Gasteiger partial charge in [0.05, 0.1) is 18.1 Å². The number of nitrogens with zero attached hydrogens (tertiary/aromatic N) is 2. The number of hydrogen-bond acceptors (Lipinski definition) is 4. The SMILES string of the molecule is Cc1[nH]cnc1CSCCNC(=O)C(C)N(C)C. The van der Waals surface area contributed by atoms with Crippen LogP contribution >= 0.6 is 11.8 Å². The first-order chi connectivity index (χ1) is 8.52. The van der Waals surface area contributed by atoms with Crippen molar-refractivity contribution >= 4 is 17.7 Å². The van der Waals surface area contributed by atoms with Gasteiger partial charge in [0.2, 0.25) is 5.91 Å². The van der Waals surface area contributed by atoms with Gasteiger partial charge in [0, 0.05) is 23.7 Å². The molecular formula is C12H22N4OS. The first kappa shape index (κ1) is 15.0. The van der Waals surface area contributed by atoms with Crippen LogP contribution in [-0.4, -0.2) is 53.2 Å². The zero-order valence-corrected chi connectivity index (χ0v) is 12.3. The number of thioether (sulfide) groups is 1. The van der Waals surface area contributed by atoms with Crippen LogP contribution in [0.1, 0.15) is 18.3 Å². The summed E-state index contributed by atoms with van der Waals surface area (Å²) in [5, 5.41) is 2.93. The van der Waals surface area contributed by atoms with Crippen LogP contribution in [0.2, 0.25) is 0 Å². The lowest BCUT2D eigenvalue weighted by Crippen LogP contribution is -2.42. The molecule has 0 saturated heterocycles. The molecule has 102 valence electrons. The lowest BCUT2D eigenvalue weighted by molar-refractivity contribution is -0.124. The highest BCUT2D eigenvalue weighted by molar-refractivity contribution is 7.98. The summed E-state index contributed by atoms with van der Waals surface area (Å²) in [6, 6.07) is -0.0800. The van der Waals surface area contributed by atoms with Crippen molar-refractivity contribution in [2.24, 2.45) is 0 Å². The number of H-pyrrole nitrogens is 1. The summed E-state index contributed by atoms with van der Waals surface area (Å²) in [6.07, 6.45) is 1.71. The van der Waals surface area contributed by atoms with Crippen LogP contribution < -0.4 is 5.32 Å². The maximum absolute atomic E-state index is 11.7. The minimum Gasteiger partial charge on any atom is -0.354 e. The van der Waals surface area contributed by atoms with Crippen LogP contribution in [-0.2, 0) is 10.5 Å². The second-order valence-corrected chi connectivity index (χ2v) is 5.56. The fourth-order valence-electron chi connectivity index (χ4n) is 1.33. The van der Waals surface area contributed by atoms with Crippen molar-refractivity contribution in [2.45, 2.75) is 25.6 Å². The highest BCUT2D eigenvalue weighted by Gasteiger charge is 2.13. The van der Waals surface area contributed by atoms with Crippen LogP contribution in [0.25, 0.3) is 0 Å². The molecule has 0 aromatic carbocycles. The highest BCUT2D eigenvalue weighted by atomic mass is 32.2. The number of rotatable bonds is 7. The Bertz CT molecular complexity index is 378. The Balaban J connectivity index is 2.12. The minimum atomic E-state index is -0.0800. The zero-order valence-electron chi connectivity index (χ0n) is 11.5. The van der Waals surface area contributed by atoms with Gasteiger partial charge in [0.1, 0.15) is 0 Å². The monoisotopic (exact) mass is 270 g/mol. The standard InChI is InChI=1S/C12H22N4OS/c1-9-11(15-8-14-9)7-18-6-5-13-12(17)10(2)16(3)4/h8,10H,5-7H2,1-4H3,(H,13,17)(H,14,15). The lowest BCUT2D eigenvalue weighted by Gasteiger charge is -2.18. The van der Waals surface area contributed by atoms with Crippen molar-refractivity contribution in [3.05, 3.63) is 17.7 Å². The van der Waals surface area contributed by atoms with E-state index in [2.05, 4.69) is 15.3 Å². The Morgan fingerprint density at radius 2 is 2.33 bits per heavy atom. The molecule has 6 heteroatoms. The number of likely N-dealkylation sites (N-methyl/N-ethyl adjacent to an activating group) is 1. The molecule has 0 aliphatic heterocycles. The molecule has 0 radical (unpaired) electrons. The molecule has 0 bridgehead atoms. The molecule has 1 amide bonds. The van der Waals surface area contributed by atoms with Gasteiger partial charge in [-0.2, -0.15) is 11.8 Å². The number of nitrogens with one attached hydrogen (secondary N) is 2. The lowest BCUT2D eigenvalue weighted by atomic mass is 10.3. The van der Waals surface area contributed by atoms with Crippen molar-refractivity contribution in [1.29, 1.82) is 0 Å². The summed E-state index contributed by atoms with van der Waals surface area (Å²) < 4.78 is 0. The van der Waals surface area contributed by atoms with Crippen LogP contribution in [0.4, 0.5) is 0 Å². The third-order valence-corrected chi connectivity index (χ3v) is 3.84. The summed E-state index contributed by atoms with van der Waals surface area (Å²) in [7, 11) is 3.80. The normalized spacial score (nSPS) is 12.7. The molecule has 1 rings (SSSR count). The van der Waals surface area contributed by atoms with Gasteiger partial charge in [-0.1, -0.05) is 0 Å². The molecule has 0 spiro atoms. The molecule has 2 N–H and O–H groups in total. The smallest absolute Gasteiger partial charge is 0.237 e. The van der Waals surface area contributed by atoms with Gasteiger partial charge in [-0.25, -0.2) is 4.98 Å². The molecule has 1 heterocycles. The van der Waals surface area contributed by atoms with Gasteiger partial charge in [0.15, 0.2) is 0 Å². The van der Waals surface area contributed by atoms with E-state index in [4.69, 9.17) is 0 Å². The molecule has 0 fully saturated rings. The molecule has 1 aromatic rings. The molecule has 18 heavy (non-hydrogen) atoms. The summed E-state index contributed by atoms with van der Waals surface area (Å²) in [5.74, 6) is 1.86. The van der Waals surface area contributed by atoms with Gasteiger partial charge in [-0.3, -0.25) is 9.69 Å². The zero-order chi connectivity index (χ0) is 13.5. The van der Waals surface area contributed by atoms with E-state index in [0.29, 0.717) is 6.54 Å². The van der Waals surface area contributed by atoms with Crippen molar-refractivity contribution in [1.82, 2.24) is 20.2 Å². The molecule has 1 atom stereocenters. The number of amides is 1. The van der Waals surface area contributed by atoms with E-state index in [0.717, 1.165) is 22.9 Å². The Morgan fingerprint density at radius 3 is 2.89 bits per heavy atom. The molecule has 1 aromatic heterocycles. The van der Waals surface area contributed by atoms with E-state index < -0.39 is 0 Å². The number of aromatic amines is 1. The van der Waals surface area contributed by atoms with Gasteiger partial charge >= 0.3 is 0 Å². The van der Waals surface area contributed by atoms with E-state index in [9.17, 15) is 4.79 Å². The molecule has 5 nitrogen and oxygen atoms in total. The second kappa shape index (κ2) is 7.43. The van der Waals surface area contributed by atoms with E-state index in [1.54, 1.807) is 18.1 Å². The fourth-order valence-corrected chi connectivity index (χ4v) is 2.21. The molecule has 0 saturated carbocycles. The van der Waals surface area contributed by atoms with Crippen LogP contribution in [0.3, 0.4) is 0 Å². The third kappa shape index (κ3) is 4.70. The molecular weight excluding hydrogens is 248 g/mol. The van der Waals surface area contributed by atoms with Crippen molar-refractivity contribution in [3.8, 4) is 0 Å². The number of carbonyl (C=O) groups is 1. The number of hydrogen-bond donors (Lipinski definition) is 2. The van der Waals surface area contributed by atoms with Crippen LogP contribution in [0, 0.1) is 6.92 Å². The van der Waals surface area contributed by atoms with E-state index in [-0.39, 0.29) is 11.9 Å². The van der Waals surface area contributed by atoms with Gasteiger partial charge in [-0.05, 0) is 27.9 Å². The number of aryl methyl sites for hydroxylation is 1. The van der Waals surface area contributed by atoms with E-state index in [1.807, 2.05) is 32.8 Å². The predicted molar refractivity (Wildman–Crippen MR) is 75.6 cm³/mol. The number of aromatic nitrogens is 2. The maximum Gasteiger partial charge on any atom is 0.237 e. The highest BCUT2D eigenvalue weighted by Crippen LogP contribution is 2.11. The predicted octanol–water partition coefficient (Wildman–Crippen LogP) is 1.02. The Kier molecular flexibility index (Phi) is 6.21. The molecule has 0 aliphatic rings. The minimum absolute atomic E-state index is 0.0800. The maximum atomic E-state index is 11.7. The van der Waals surface area contributed by atoms with Crippen LogP contribution in [0.15, 0.2) is 6.33 Å². The number of imidazole rings is 1. The largest absolute Gasteiger partial charge is 0.354 e. The first-order valence-corrected chi connectivity index (χ1v) is 7.18. The number of carbonyl (C=O) groups excluding carboxylic acids is 1. The summed E-state index contributed by atoms with van der Waals surface area (Å²) in [5.41, 5.74) is 2.21. The fraction of sp³-hybridized carbons (Fsp3) is 0.667. The van der Waals surface area contributed by atoms with Crippen molar-refractivity contribution < 1.29 is 4.79 Å². The van der Waals surface area contributed by atoms with Crippen LogP contribution in [0.5, 0.6) is 0 Å². The van der Waals surface area contributed by atoms with Gasteiger partial charge < -0.3 is 10.3 Å². The van der Waals surface area contributed by atoms with Gasteiger partial charge in [0.25, 0.3) is 0 Å². The quantitative estimate of drug-likeness (QED) is 0.726. The topological polar surface area (TPSA) is 61.0 Å². The first-order valence-electron chi connectivity index (χ1n) is 6.03.